The number of para-hydroxylation sites is 1. The highest BCUT2D eigenvalue weighted by molar-refractivity contribution is 7.99. The number of thioether (sulfide) groups is 1. The third-order valence-electron chi connectivity index (χ3n) is 3.08. The second-order valence-electron chi connectivity index (χ2n) is 4.55. The Morgan fingerprint density at radius 2 is 2.10 bits per heavy atom. The number of fused-ring (bicyclic) bond motifs is 1. The molecule has 0 bridgehead atoms. The van der Waals surface area contributed by atoms with E-state index in [1.807, 2.05) is 41.8 Å². The van der Waals surface area contributed by atoms with Crippen molar-refractivity contribution in [2.24, 2.45) is 0 Å². The van der Waals surface area contributed by atoms with E-state index >= 15 is 0 Å². The molecular formula is C15H13N3O2S. The maximum Gasteiger partial charge on any atom is 0.313 e. The summed E-state index contributed by atoms with van der Waals surface area (Å²) >= 11 is 1.20. The van der Waals surface area contributed by atoms with E-state index in [0.717, 1.165) is 22.3 Å². The number of hydrogen-bond donors (Lipinski definition) is 1. The predicted molar refractivity (Wildman–Crippen MR) is 82.0 cm³/mol. The summed E-state index contributed by atoms with van der Waals surface area (Å²) < 4.78 is 1.95. The normalized spacial score (nSPS) is 10.9. The minimum atomic E-state index is -0.858. The molecule has 0 aliphatic carbocycles. The zero-order valence-corrected chi connectivity index (χ0v) is 12.2. The first-order valence-electron chi connectivity index (χ1n) is 6.40. The summed E-state index contributed by atoms with van der Waals surface area (Å²) in [4.78, 5) is 19.5. The van der Waals surface area contributed by atoms with E-state index in [2.05, 4.69) is 9.97 Å². The Kier molecular flexibility index (Phi) is 3.62. The second-order valence-corrected chi connectivity index (χ2v) is 5.49. The van der Waals surface area contributed by atoms with Crippen molar-refractivity contribution >= 4 is 28.6 Å². The molecular weight excluding hydrogens is 286 g/mol. The van der Waals surface area contributed by atoms with Crippen LogP contribution in [0.2, 0.25) is 0 Å². The molecule has 2 heterocycles. The topological polar surface area (TPSA) is 68.0 Å². The largest absolute Gasteiger partial charge is 0.481 e. The van der Waals surface area contributed by atoms with Gasteiger partial charge < -0.3 is 5.11 Å². The maximum atomic E-state index is 10.8. The molecule has 0 aliphatic rings. The summed E-state index contributed by atoms with van der Waals surface area (Å²) in [6.07, 6.45) is 3.49. The van der Waals surface area contributed by atoms with Crippen molar-refractivity contribution in [3.8, 4) is 5.69 Å². The van der Waals surface area contributed by atoms with Crippen LogP contribution in [0.1, 0.15) is 5.69 Å². The molecule has 106 valence electrons. The molecule has 0 atom stereocenters. The highest BCUT2D eigenvalue weighted by Crippen LogP contribution is 2.27. The lowest BCUT2D eigenvalue weighted by Gasteiger charge is -2.11. The first-order chi connectivity index (χ1) is 10.2. The highest BCUT2D eigenvalue weighted by atomic mass is 32.2. The number of hydrogen-bond acceptors (Lipinski definition) is 4. The van der Waals surface area contributed by atoms with Crippen LogP contribution in [0, 0.1) is 6.92 Å². The molecule has 6 heteroatoms. The minimum absolute atomic E-state index is 0.0192. The van der Waals surface area contributed by atoms with Crippen molar-refractivity contribution in [3.63, 3.8) is 0 Å². The number of carboxylic acid groups (broad SMARTS) is 1. The quantitative estimate of drug-likeness (QED) is 0.750. The molecule has 0 spiro atoms. The van der Waals surface area contributed by atoms with Crippen molar-refractivity contribution in [1.82, 2.24) is 14.5 Å². The molecule has 0 radical (unpaired) electrons. The molecule has 0 saturated carbocycles. The van der Waals surface area contributed by atoms with Gasteiger partial charge in [0.15, 0.2) is 5.16 Å². The van der Waals surface area contributed by atoms with Gasteiger partial charge in [-0.25, -0.2) is 4.98 Å². The van der Waals surface area contributed by atoms with Gasteiger partial charge in [-0.3, -0.25) is 14.3 Å². The molecule has 0 aliphatic heterocycles. The van der Waals surface area contributed by atoms with Gasteiger partial charge >= 0.3 is 5.97 Å². The van der Waals surface area contributed by atoms with E-state index in [-0.39, 0.29) is 5.75 Å². The summed E-state index contributed by atoms with van der Waals surface area (Å²) in [5.74, 6) is -0.877. The SMILES string of the molecule is Cc1cnc(SCC(=O)O)n1-c1cccc2cccnc12. The predicted octanol–water partition coefficient (Wildman–Crippen LogP) is 2.91. The first kappa shape index (κ1) is 13.6. The molecule has 0 saturated heterocycles. The molecule has 21 heavy (non-hydrogen) atoms. The molecule has 3 aromatic rings. The van der Waals surface area contributed by atoms with Gasteiger partial charge in [-0.15, -0.1) is 0 Å². The minimum Gasteiger partial charge on any atom is -0.481 e. The van der Waals surface area contributed by atoms with Crippen LogP contribution in [0.3, 0.4) is 0 Å². The number of aromatic nitrogens is 3. The maximum absolute atomic E-state index is 10.8. The van der Waals surface area contributed by atoms with Gasteiger partial charge in [0.2, 0.25) is 0 Å². The average molecular weight is 299 g/mol. The molecule has 0 unspecified atom stereocenters. The summed E-state index contributed by atoms with van der Waals surface area (Å²) in [7, 11) is 0. The van der Waals surface area contributed by atoms with Gasteiger partial charge in [-0.1, -0.05) is 30.0 Å². The van der Waals surface area contributed by atoms with Crippen molar-refractivity contribution in [3.05, 3.63) is 48.4 Å². The van der Waals surface area contributed by atoms with Crippen LogP contribution in [-0.4, -0.2) is 31.4 Å². The van der Waals surface area contributed by atoms with Crippen molar-refractivity contribution in [1.29, 1.82) is 0 Å². The van der Waals surface area contributed by atoms with Gasteiger partial charge in [0.05, 0.1) is 17.0 Å². The molecule has 1 aromatic carbocycles. The number of aryl methyl sites for hydroxylation is 1. The van der Waals surface area contributed by atoms with E-state index < -0.39 is 5.97 Å². The lowest BCUT2D eigenvalue weighted by atomic mass is 10.2. The van der Waals surface area contributed by atoms with Crippen LogP contribution in [0.25, 0.3) is 16.6 Å². The van der Waals surface area contributed by atoms with E-state index in [1.165, 1.54) is 11.8 Å². The Labute approximate surface area is 125 Å². The number of benzene rings is 1. The van der Waals surface area contributed by atoms with Crippen molar-refractivity contribution in [2.75, 3.05) is 5.75 Å². The number of carboxylic acids is 1. The summed E-state index contributed by atoms with van der Waals surface area (Å²) in [6.45, 7) is 1.94. The molecule has 0 amide bonds. The van der Waals surface area contributed by atoms with Gasteiger partial charge in [-0.05, 0) is 19.1 Å². The standard InChI is InChI=1S/C15H13N3O2S/c1-10-8-17-15(21-9-13(19)20)18(10)12-6-2-4-11-5-3-7-16-14(11)12/h2-8H,9H2,1H3,(H,19,20). The number of rotatable bonds is 4. The van der Waals surface area contributed by atoms with Crippen LogP contribution in [0.15, 0.2) is 47.9 Å². The van der Waals surface area contributed by atoms with E-state index in [9.17, 15) is 4.79 Å². The third-order valence-corrected chi connectivity index (χ3v) is 4.02. The summed E-state index contributed by atoms with van der Waals surface area (Å²) in [6, 6.07) is 9.83. The number of nitrogens with zero attached hydrogens (tertiary/aromatic N) is 3. The Bertz CT molecular complexity index is 808. The molecule has 1 N–H and O–H groups in total. The van der Waals surface area contributed by atoms with Gasteiger partial charge in [0.25, 0.3) is 0 Å². The fourth-order valence-electron chi connectivity index (χ4n) is 2.20. The summed E-state index contributed by atoms with van der Waals surface area (Å²) in [5, 5.41) is 10.5. The Balaban J connectivity index is 2.14. The van der Waals surface area contributed by atoms with Crippen molar-refractivity contribution in [2.45, 2.75) is 12.1 Å². The van der Waals surface area contributed by atoms with Crippen LogP contribution in [-0.2, 0) is 4.79 Å². The van der Waals surface area contributed by atoms with E-state index in [4.69, 9.17) is 5.11 Å². The number of carbonyl (C=O) groups is 1. The highest BCUT2D eigenvalue weighted by Gasteiger charge is 2.13. The third kappa shape index (κ3) is 2.62. The van der Waals surface area contributed by atoms with Gasteiger partial charge in [0.1, 0.15) is 0 Å². The lowest BCUT2D eigenvalue weighted by Crippen LogP contribution is -2.03. The van der Waals surface area contributed by atoms with Crippen LogP contribution in [0.4, 0.5) is 0 Å². The fourth-order valence-corrected chi connectivity index (χ4v) is 2.96. The molecule has 3 rings (SSSR count). The summed E-state index contributed by atoms with van der Waals surface area (Å²) in [5.41, 5.74) is 2.73. The zero-order valence-electron chi connectivity index (χ0n) is 11.4. The monoisotopic (exact) mass is 299 g/mol. The van der Waals surface area contributed by atoms with Crippen LogP contribution in [0.5, 0.6) is 0 Å². The smallest absolute Gasteiger partial charge is 0.313 e. The van der Waals surface area contributed by atoms with E-state index in [0.29, 0.717) is 5.16 Å². The first-order valence-corrected chi connectivity index (χ1v) is 7.38. The molecule has 5 nitrogen and oxygen atoms in total. The second kappa shape index (κ2) is 5.57. The Morgan fingerprint density at radius 3 is 2.90 bits per heavy atom. The number of pyridine rings is 1. The van der Waals surface area contributed by atoms with Gasteiger partial charge in [-0.2, -0.15) is 0 Å². The van der Waals surface area contributed by atoms with Crippen LogP contribution >= 0.6 is 11.8 Å². The molecule has 0 fully saturated rings. The van der Waals surface area contributed by atoms with Gasteiger partial charge in [0, 0.05) is 23.5 Å². The lowest BCUT2D eigenvalue weighted by molar-refractivity contribution is -0.133. The average Bonchev–Trinajstić information content (AvgIpc) is 2.85. The zero-order chi connectivity index (χ0) is 14.8. The van der Waals surface area contributed by atoms with E-state index in [1.54, 1.807) is 12.4 Å². The van der Waals surface area contributed by atoms with Crippen molar-refractivity contribution < 1.29 is 9.90 Å². The fraction of sp³-hybridized carbons (Fsp3) is 0.133. The molecule has 2 aromatic heterocycles. The Hall–Kier alpha value is -2.34. The Morgan fingerprint density at radius 1 is 1.29 bits per heavy atom. The van der Waals surface area contributed by atoms with Crippen LogP contribution < -0.4 is 0 Å². The number of imidazole rings is 1. The number of aliphatic carboxylic acids is 1.